The van der Waals surface area contributed by atoms with E-state index in [-0.39, 0.29) is 26.6 Å². The van der Waals surface area contributed by atoms with Gasteiger partial charge in [0.25, 0.3) is 5.91 Å². The maximum atomic E-state index is 12.6. The Balaban J connectivity index is 1.77. The van der Waals surface area contributed by atoms with E-state index in [1.54, 1.807) is 24.3 Å². The summed E-state index contributed by atoms with van der Waals surface area (Å²) in [5.74, 6) is -0.900. The van der Waals surface area contributed by atoms with E-state index < -0.39 is 16.0 Å². The molecule has 8 nitrogen and oxygen atoms in total. The summed E-state index contributed by atoms with van der Waals surface area (Å²) in [5, 5.41) is 15.0. The Labute approximate surface area is 215 Å². The van der Waals surface area contributed by atoms with E-state index in [0.29, 0.717) is 22.0 Å². The summed E-state index contributed by atoms with van der Waals surface area (Å²) < 4.78 is 30.8. The van der Waals surface area contributed by atoms with E-state index in [1.165, 1.54) is 55.5 Å². The second-order valence-electron chi connectivity index (χ2n) is 7.07. The molecule has 0 saturated heterocycles. The minimum atomic E-state index is -4.16. The summed E-state index contributed by atoms with van der Waals surface area (Å²) in [5.41, 5.74) is 1.17. The van der Waals surface area contributed by atoms with Gasteiger partial charge in [0.1, 0.15) is 16.5 Å². The van der Waals surface area contributed by atoms with Crippen LogP contribution in [0.25, 0.3) is 6.08 Å². The number of benzene rings is 3. The van der Waals surface area contributed by atoms with Gasteiger partial charge in [0.05, 0.1) is 4.47 Å². The molecule has 0 atom stereocenters. The minimum Gasteiger partial charge on any atom is -0.378 e. The van der Waals surface area contributed by atoms with Crippen molar-refractivity contribution >= 4 is 66.9 Å². The van der Waals surface area contributed by atoms with E-state index in [9.17, 15) is 23.3 Å². The van der Waals surface area contributed by atoms with Crippen molar-refractivity contribution in [2.45, 2.75) is 11.8 Å². The second-order valence-corrected chi connectivity index (χ2v) is 9.90. The summed E-state index contributed by atoms with van der Waals surface area (Å²) in [4.78, 5) is 23.5. The van der Waals surface area contributed by atoms with Crippen LogP contribution in [0.4, 0.5) is 11.4 Å². The first-order valence-corrected chi connectivity index (χ1v) is 12.5. The van der Waals surface area contributed by atoms with Crippen LogP contribution in [0.2, 0.25) is 5.02 Å². The van der Waals surface area contributed by atoms with Crippen molar-refractivity contribution in [3.63, 3.8) is 0 Å². The smallest absolute Gasteiger partial charge is 0.339 e. The van der Waals surface area contributed by atoms with Gasteiger partial charge in [0.2, 0.25) is 5.91 Å². The molecule has 0 aliphatic rings. The van der Waals surface area contributed by atoms with Gasteiger partial charge >= 0.3 is 10.1 Å². The molecule has 0 aliphatic heterocycles. The summed E-state index contributed by atoms with van der Waals surface area (Å²) in [7, 11) is -4.16. The van der Waals surface area contributed by atoms with Gasteiger partial charge in [-0.2, -0.15) is 13.7 Å². The van der Waals surface area contributed by atoms with Crippen molar-refractivity contribution < 1.29 is 22.2 Å². The maximum Gasteiger partial charge on any atom is 0.339 e. The third kappa shape index (κ3) is 7.16. The molecule has 0 aliphatic carbocycles. The van der Waals surface area contributed by atoms with Crippen molar-refractivity contribution in [3.8, 4) is 11.8 Å². The van der Waals surface area contributed by atoms with Gasteiger partial charge in [-0.25, -0.2) is 0 Å². The largest absolute Gasteiger partial charge is 0.378 e. The van der Waals surface area contributed by atoms with Gasteiger partial charge in [0.15, 0.2) is 5.75 Å². The van der Waals surface area contributed by atoms with Crippen LogP contribution < -0.4 is 14.8 Å². The van der Waals surface area contributed by atoms with Crippen molar-refractivity contribution in [2.75, 3.05) is 10.6 Å². The minimum absolute atomic E-state index is 0.00924. The first-order valence-electron chi connectivity index (χ1n) is 9.88. The summed E-state index contributed by atoms with van der Waals surface area (Å²) in [6, 6.07) is 18.2. The quantitative estimate of drug-likeness (QED) is 0.222. The number of hydrogen-bond acceptors (Lipinski definition) is 6. The SMILES string of the molecule is CC(=O)Nc1ccc(S(=O)(=O)Oc2ccc(/C=C(\C#N)C(=O)Nc3cccc(Cl)c3)cc2Br)cc1. The van der Waals surface area contributed by atoms with Crippen LogP contribution in [0.5, 0.6) is 5.75 Å². The first-order chi connectivity index (χ1) is 16.6. The topological polar surface area (TPSA) is 125 Å². The van der Waals surface area contributed by atoms with Gasteiger partial charge in [-0.1, -0.05) is 23.7 Å². The standard InChI is InChI=1S/C24H17BrClN3O5S/c1-15(30)28-19-6-8-21(9-7-19)35(32,33)34-23-10-5-16(12-22(23)25)11-17(14-27)24(31)29-20-4-2-3-18(26)13-20/h2-13H,1H3,(H,28,30)(H,29,31)/b17-11+. The van der Waals surface area contributed by atoms with Crippen LogP contribution in [-0.2, 0) is 19.7 Å². The average molecular weight is 575 g/mol. The number of hydrogen-bond donors (Lipinski definition) is 2. The van der Waals surface area contributed by atoms with Crippen molar-refractivity contribution in [1.29, 1.82) is 5.26 Å². The monoisotopic (exact) mass is 573 g/mol. The summed E-state index contributed by atoms with van der Waals surface area (Å²) in [6.45, 7) is 1.34. The lowest BCUT2D eigenvalue weighted by molar-refractivity contribution is -0.114. The number of carbonyl (C=O) groups excluding carboxylic acids is 2. The van der Waals surface area contributed by atoms with Crippen LogP contribution in [0.3, 0.4) is 0 Å². The fourth-order valence-corrected chi connectivity index (χ4v) is 4.55. The molecule has 0 aromatic heterocycles. The Hall–Kier alpha value is -3.65. The highest BCUT2D eigenvalue weighted by Gasteiger charge is 2.19. The summed E-state index contributed by atoms with van der Waals surface area (Å²) in [6.07, 6.45) is 1.35. The van der Waals surface area contributed by atoms with Crippen molar-refractivity contribution in [3.05, 3.63) is 87.4 Å². The van der Waals surface area contributed by atoms with Gasteiger partial charge in [-0.05, 0) is 82.2 Å². The molecule has 2 amide bonds. The number of nitriles is 1. The van der Waals surface area contributed by atoms with E-state index in [0.717, 1.165) is 0 Å². The molecule has 0 unspecified atom stereocenters. The average Bonchev–Trinajstić information content (AvgIpc) is 2.79. The summed E-state index contributed by atoms with van der Waals surface area (Å²) >= 11 is 9.17. The lowest BCUT2D eigenvalue weighted by Gasteiger charge is -2.10. The van der Waals surface area contributed by atoms with Crippen LogP contribution in [0.1, 0.15) is 12.5 Å². The number of halogens is 2. The Kier molecular flexibility index (Phi) is 8.30. The number of carbonyl (C=O) groups is 2. The number of nitrogens with zero attached hydrogens (tertiary/aromatic N) is 1. The molecule has 0 radical (unpaired) electrons. The lowest BCUT2D eigenvalue weighted by Crippen LogP contribution is -2.13. The zero-order chi connectivity index (χ0) is 25.6. The van der Waals surface area contributed by atoms with Gasteiger partial charge in [-0.3, -0.25) is 9.59 Å². The first kappa shape index (κ1) is 26.0. The highest BCUT2D eigenvalue weighted by Crippen LogP contribution is 2.30. The molecule has 3 rings (SSSR count). The third-order valence-corrected chi connectivity index (χ3v) is 6.48. The highest BCUT2D eigenvalue weighted by molar-refractivity contribution is 9.10. The number of anilines is 2. The van der Waals surface area contributed by atoms with E-state index in [2.05, 4.69) is 26.6 Å². The molecule has 3 aromatic carbocycles. The fourth-order valence-electron chi connectivity index (χ4n) is 2.83. The second kappa shape index (κ2) is 11.2. The molecular formula is C24H17BrClN3O5S. The molecule has 0 heterocycles. The molecule has 11 heteroatoms. The zero-order valence-electron chi connectivity index (χ0n) is 18.1. The third-order valence-electron chi connectivity index (χ3n) is 4.38. The number of amides is 2. The Morgan fingerprint density at radius 3 is 2.34 bits per heavy atom. The van der Waals surface area contributed by atoms with Crippen LogP contribution >= 0.6 is 27.5 Å². The fraction of sp³-hybridized carbons (Fsp3) is 0.0417. The van der Waals surface area contributed by atoms with E-state index in [1.807, 2.05) is 6.07 Å². The van der Waals surface area contributed by atoms with Crippen LogP contribution in [0, 0.1) is 11.3 Å². The predicted octanol–water partition coefficient (Wildman–Crippen LogP) is 5.37. The van der Waals surface area contributed by atoms with Crippen LogP contribution in [-0.4, -0.2) is 20.2 Å². The molecule has 178 valence electrons. The Morgan fingerprint density at radius 2 is 1.74 bits per heavy atom. The number of rotatable bonds is 7. The zero-order valence-corrected chi connectivity index (χ0v) is 21.2. The van der Waals surface area contributed by atoms with E-state index in [4.69, 9.17) is 15.8 Å². The molecule has 0 saturated carbocycles. The molecule has 0 bridgehead atoms. The van der Waals surface area contributed by atoms with Gasteiger partial charge in [-0.15, -0.1) is 0 Å². The maximum absolute atomic E-state index is 12.6. The molecule has 2 N–H and O–H groups in total. The van der Waals surface area contributed by atoms with Crippen molar-refractivity contribution in [1.82, 2.24) is 0 Å². The van der Waals surface area contributed by atoms with E-state index >= 15 is 0 Å². The van der Waals surface area contributed by atoms with Gasteiger partial charge < -0.3 is 14.8 Å². The van der Waals surface area contributed by atoms with Gasteiger partial charge in [0, 0.05) is 23.3 Å². The molecule has 35 heavy (non-hydrogen) atoms. The Morgan fingerprint density at radius 1 is 1.03 bits per heavy atom. The molecule has 3 aromatic rings. The Bertz CT molecular complexity index is 1470. The highest BCUT2D eigenvalue weighted by atomic mass is 79.9. The van der Waals surface area contributed by atoms with Crippen LogP contribution in [0.15, 0.2) is 81.7 Å². The molecule has 0 spiro atoms. The lowest BCUT2D eigenvalue weighted by atomic mass is 10.1. The van der Waals surface area contributed by atoms with Crippen molar-refractivity contribution in [2.24, 2.45) is 0 Å². The molecule has 0 fully saturated rings. The number of nitrogens with one attached hydrogen (secondary N) is 2. The normalized spacial score (nSPS) is 11.3. The molecular weight excluding hydrogens is 558 g/mol. The predicted molar refractivity (Wildman–Crippen MR) is 136 cm³/mol.